The van der Waals surface area contributed by atoms with E-state index < -0.39 is 4.92 Å². The number of hydrogen-bond donors (Lipinski definition) is 0. The summed E-state index contributed by atoms with van der Waals surface area (Å²) in [4.78, 5) is 9.92. The number of ether oxygens (including phenoxy) is 1. The fourth-order valence-corrected chi connectivity index (χ4v) is 1.32. The predicted octanol–water partition coefficient (Wildman–Crippen LogP) is 3.26. The highest BCUT2D eigenvalue weighted by Crippen LogP contribution is 2.28. The van der Waals surface area contributed by atoms with Gasteiger partial charge in [0.25, 0.3) is 5.69 Å². The van der Waals surface area contributed by atoms with Crippen molar-refractivity contribution in [3.63, 3.8) is 0 Å². The van der Waals surface area contributed by atoms with Crippen LogP contribution >= 0.6 is 23.2 Å². The first-order valence-corrected chi connectivity index (χ1v) is 5.19. The topological polar surface area (TPSA) is 52.4 Å². The second-order valence-electron chi connectivity index (χ2n) is 2.76. The molecule has 0 unspecified atom stereocenters. The second-order valence-corrected chi connectivity index (χ2v) is 3.55. The number of nitro groups is 1. The summed E-state index contributed by atoms with van der Waals surface area (Å²) in [6, 6.07) is 4.25. The molecule has 0 bridgehead atoms. The van der Waals surface area contributed by atoms with Crippen molar-refractivity contribution in [3.8, 4) is 5.75 Å². The van der Waals surface area contributed by atoms with Crippen molar-refractivity contribution < 1.29 is 9.66 Å². The zero-order valence-electron chi connectivity index (χ0n) is 7.78. The molecule has 0 saturated heterocycles. The van der Waals surface area contributed by atoms with Gasteiger partial charge in [0.15, 0.2) is 0 Å². The van der Waals surface area contributed by atoms with E-state index in [1.807, 2.05) is 0 Å². The summed E-state index contributed by atoms with van der Waals surface area (Å²) in [5.74, 6) is 1.02. The molecule has 0 heterocycles. The molecule has 0 spiro atoms. The lowest BCUT2D eigenvalue weighted by atomic mass is 10.3. The Morgan fingerprint density at radius 1 is 1.47 bits per heavy atom. The average Bonchev–Trinajstić information content (AvgIpc) is 2.17. The zero-order valence-corrected chi connectivity index (χ0v) is 9.29. The van der Waals surface area contributed by atoms with Gasteiger partial charge in [0.05, 0.1) is 11.5 Å². The van der Waals surface area contributed by atoms with Crippen molar-refractivity contribution in [2.24, 2.45) is 0 Å². The van der Waals surface area contributed by atoms with E-state index in [9.17, 15) is 10.1 Å². The van der Waals surface area contributed by atoms with E-state index in [0.29, 0.717) is 18.2 Å². The quantitative estimate of drug-likeness (QED) is 0.349. The molecule has 0 saturated carbocycles. The van der Waals surface area contributed by atoms with E-state index in [1.165, 1.54) is 18.2 Å². The largest absolute Gasteiger partial charge is 0.493 e. The van der Waals surface area contributed by atoms with Crippen molar-refractivity contribution in [2.75, 3.05) is 12.5 Å². The molecule has 1 aromatic rings. The maximum atomic E-state index is 10.5. The van der Waals surface area contributed by atoms with E-state index in [2.05, 4.69) is 0 Å². The lowest BCUT2D eigenvalue weighted by Crippen LogP contribution is -1.98. The minimum atomic E-state index is -0.537. The molecule has 0 aromatic heterocycles. The number of alkyl halides is 1. The molecule has 1 rings (SSSR count). The summed E-state index contributed by atoms with van der Waals surface area (Å²) in [6.45, 7) is 0.470. The molecule has 82 valence electrons. The van der Waals surface area contributed by atoms with E-state index in [1.54, 1.807) is 0 Å². The number of hydrogen-bond acceptors (Lipinski definition) is 3. The first-order chi connectivity index (χ1) is 7.15. The zero-order chi connectivity index (χ0) is 11.3. The van der Waals surface area contributed by atoms with Crippen LogP contribution in [0.25, 0.3) is 0 Å². The Morgan fingerprint density at radius 3 is 2.73 bits per heavy atom. The Bertz CT molecular complexity index is 357. The maximum Gasteiger partial charge on any atom is 0.288 e. The van der Waals surface area contributed by atoms with Crippen LogP contribution in [0, 0.1) is 10.1 Å². The van der Waals surface area contributed by atoms with Gasteiger partial charge >= 0.3 is 0 Å². The monoisotopic (exact) mass is 249 g/mol. The number of nitro benzene ring substituents is 1. The summed E-state index contributed by atoms with van der Waals surface area (Å²) in [6.07, 6.45) is 0.718. The molecule has 0 aliphatic rings. The average molecular weight is 250 g/mol. The highest BCUT2D eigenvalue weighted by Gasteiger charge is 2.12. The van der Waals surface area contributed by atoms with Crippen molar-refractivity contribution in [3.05, 3.63) is 33.3 Å². The van der Waals surface area contributed by atoms with Crippen molar-refractivity contribution >= 4 is 28.9 Å². The molecule has 0 amide bonds. The minimum absolute atomic E-state index is 0.0726. The third-order valence-corrected chi connectivity index (χ3v) is 2.23. The van der Waals surface area contributed by atoms with Gasteiger partial charge in [-0.1, -0.05) is 11.6 Å². The number of nitrogens with zero attached hydrogens (tertiary/aromatic N) is 1. The normalized spacial score (nSPS) is 10.0. The number of benzene rings is 1. The molecule has 0 atom stereocenters. The standard InChI is InChI=1S/C9H9Cl2NO3/c10-4-1-5-15-7-2-3-9(12(13)14)8(11)6-7/h2-3,6H,1,4-5H2. The Hall–Kier alpha value is -1.00. The first-order valence-electron chi connectivity index (χ1n) is 4.28. The van der Waals surface area contributed by atoms with Gasteiger partial charge in [-0.2, -0.15) is 0 Å². The van der Waals surface area contributed by atoms with Crippen LogP contribution in [0.1, 0.15) is 6.42 Å². The Kier molecular flexibility index (Phi) is 4.65. The fourth-order valence-electron chi connectivity index (χ4n) is 0.970. The van der Waals surface area contributed by atoms with Gasteiger partial charge in [0, 0.05) is 18.0 Å². The highest BCUT2D eigenvalue weighted by atomic mass is 35.5. The van der Waals surface area contributed by atoms with Gasteiger partial charge in [0.1, 0.15) is 10.8 Å². The molecule has 0 aliphatic heterocycles. The number of halogens is 2. The molecular weight excluding hydrogens is 241 g/mol. The van der Waals surface area contributed by atoms with E-state index >= 15 is 0 Å². The van der Waals surface area contributed by atoms with Crippen LogP contribution in [-0.2, 0) is 0 Å². The second kappa shape index (κ2) is 5.78. The van der Waals surface area contributed by atoms with Crippen LogP contribution < -0.4 is 4.74 Å². The van der Waals surface area contributed by atoms with Crippen LogP contribution in [0.15, 0.2) is 18.2 Å². The van der Waals surface area contributed by atoms with Crippen LogP contribution in [0.3, 0.4) is 0 Å². The van der Waals surface area contributed by atoms with Crippen molar-refractivity contribution in [2.45, 2.75) is 6.42 Å². The fraction of sp³-hybridized carbons (Fsp3) is 0.333. The Labute approximate surface area is 96.9 Å². The molecule has 0 N–H and O–H groups in total. The molecule has 1 aromatic carbocycles. The van der Waals surface area contributed by atoms with Gasteiger partial charge < -0.3 is 4.74 Å². The molecule has 0 radical (unpaired) electrons. The Morgan fingerprint density at radius 2 is 2.20 bits per heavy atom. The van der Waals surface area contributed by atoms with Crippen LogP contribution in [0.2, 0.25) is 5.02 Å². The molecule has 0 aliphatic carbocycles. The lowest BCUT2D eigenvalue weighted by Gasteiger charge is -2.04. The predicted molar refractivity (Wildman–Crippen MR) is 58.9 cm³/mol. The summed E-state index contributed by atoms with van der Waals surface area (Å²) in [7, 11) is 0. The summed E-state index contributed by atoms with van der Waals surface area (Å²) in [5, 5.41) is 10.5. The Balaban J connectivity index is 2.69. The smallest absolute Gasteiger partial charge is 0.288 e. The molecule has 4 nitrogen and oxygen atoms in total. The summed E-state index contributed by atoms with van der Waals surface area (Å²) < 4.78 is 5.27. The number of rotatable bonds is 5. The van der Waals surface area contributed by atoms with Crippen molar-refractivity contribution in [1.29, 1.82) is 0 Å². The minimum Gasteiger partial charge on any atom is -0.493 e. The van der Waals surface area contributed by atoms with Gasteiger partial charge in [-0.3, -0.25) is 10.1 Å². The van der Waals surface area contributed by atoms with E-state index in [0.717, 1.165) is 6.42 Å². The van der Waals surface area contributed by atoms with Crippen LogP contribution in [0.5, 0.6) is 5.75 Å². The third-order valence-electron chi connectivity index (χ3n) is 1.66. The van der Waals surface area contributed by atoms with Gasteiger partial charge in [-0.25, -0.2) is 0 Å². The highest BCUT2D eigenvalue weighted by molar-refractivity contribution is 6.32. The summed E-state index contributed by atoms with van der Waals surface area (Å²) >= 11 is 11.2. The summed E-state index contributed by atoms with van der Waals surface area (Å²) in [5.41, 5.74) is -0.124. The molecule has 15 heavy (non-hydrogen) atoms. The van der Waals surface area contributed by atoms with E-state index in [4.69, 9.17) is 27.9 Å². The van der Waals surface area contributed by atoms with Gasteiger partial charge in [-0.15, -0.1) is 11.6 Å². The van der Waals surface area contributed by atoms with Crippen LogP contribution in [-0.4, -0.2) is 17.4 Å². The first kappa shape index (κ1) is 12.1. The van der Waals surface area contributed by atoms with E-state index in [-0.39, 0.29) is 10.7 Å². The lowest BCUT2D eigenvalue weighted by molar-refractivity contribution is -0.384. The molecular formula is C9H9Cl2NO3. The van der Waals surface area contributed by atoms with Gasteiger partial charge in [0.2, 0.25) is 0 Å². The third kappa shape index (κ3) is 3.57. The maximum absolute atomic E-state index is 10.5. The van der Waals surface area contributed by atoms with Crippen molar-refractivity contribution in [1.82, 2.24) is 0 Å². The molecule has 0 fully saturated rings. The SMILES string of the molecule is O=[N+]([O-])c1ccc(OCCCCl)cc1Cl. The molecule has 6 heteroatoms. The van der Waals surface area contributed by atoms with Crippen LogP contribution in [0.4, 0.5) is 5.69 Å². The van der Waals surface area contributed by atoms with Gasteiger partial charge in [-0.05, 0) is 12.5 Å².